The third-order valence-corrected chi connectivity index (χ3v) is 11.4. The van der Waals surface area contributed by atoms with Crippen LogP contribution in [0.15, 0.2) is 140 Å². The molecule has 0 amide bonds. The van der Waals surface area contributed by atoms with Crippen LogP contribution in [0, 0.1) is 0 Å². The topological polar surface area (TPSA) is 4.93 Å². The molecule has 7 aromatic carbocycles. The van der Waals surface area contributed by atoms with Crippen LogP contribution >= 0.6 is 11.3 Å². The number of hydrogen-bond acceptors (Lipinski definition) is 1. The van der Waals surface area contributed by atoms with Gasteiger partial charge >= 0.3 is 0 Å². The second-order valence-corrected chi connectivity index (χ2v) is 13.9. The predicted molar refractivity (Wildman–Crippen MR) is 194 cm³/mol. The maximum atomic E-state index is 2.48. The third-order valence-electron chi connectivity index (χ3n) is 10.2. The van der Waals surface area contributed by atoms with E-state index in [0.717, 1.165) is 0 Å². The summed E-state index contributed by atoms with van der Waals surface area (Å²) in [5, 5.41) is 7.88. The second kappa shape index (κ2) is 8.94. The summed E-state index contributed by atoms with van der Waals surface area (Å²) in [5.74, 6) is 0. The molecule has 2 aromatic heterocycles. The Morgan fingerprint density at radius 2 is 1.16 bits per heavy atom. The molecule has 0 saturated carbocycles. The van der Waals surface area contributed by atoms with Crippen molar-refractivity contribution in [2.45, 2.75) is 19.3 Å². The summed E-state index contributed by atoms with van der Waals surface area (Å²) < 4.78 is 5.17. The normalized spacial score (nSPS) is 13.7. The lowest BCUT2D eigenvalue weighted by Gasteiger charge is -2.21. The van der Waals surface area contributed by atoms with Gasteiger partial charge in [0.2, 0.25) is 0 Å². The average Bonchev–Trinajstić information content (AvgIpc) is 3.71. The van der Waals surface area contributed by atoms with E-state index in [2.05, 4.69) is 158 Å². The predicted octanol–water partition coefficient (Wildman–Crippen LogP) is 12.3. The number of fused-ring (bicyclic) bond motifs is 12. The molecule has 2 heteroatoms. The summed E-state index contributed by atoms with van der Waals surface area (Å²) in [7, 11) is 0. The van der Waals surface area contributed by atoms with Gasteiger partial charge in [-0.25, -0.2) is 0 Å². The summed E-state index contributed by atoms with van der Waals surface area (Å²) in [6, 6.07) is 51.9. The standard InChI is InChI=1S/C43H29NS/c1-43(2)36-15-6-3-12-35(36)40-31-22-23-32-29-10-4-7-16-38(29)44(41(32)33(31)24-25-37(40)43)27-20-18-26(19-21-27)28-13-9-14-34-30-11-5-8-17-39(30)45-42(28)34/h3-25H,1-2H3. The van der Waals surface area contributed by atoms with Gasteiger partial charge < -0.3 is 4.57 Å². The molecule has 9 aromatic rings. The van der Waals surface area contributed by atoms with Gasteiger partial charge in [-0.1, -0.05) is 129 Å². The Balaban J connectivity index is 1.22. The molecule has 0 radical (unpaired) electrons. The lowest BCUT2D eigenvalue weighted by molar-refractivity contribution is 0.661. The molecule has 1 aliphatic rings. The van der Waals surface area contributed by atoms with Gasteiger partial charge in [-0.15, -0.1) is 11.3 Å². The Morgan fingerprint density at radius 1 is 0.489 bits per heavy atom. The van der Waals surface area contributed by atoms with Crippen molar-refractivity contribution in [1.82, 2.24) is 4.57 Å². The lowest BCUT2D eigenvalue weighted by Crippen LogP contribution is -2.14. The van der Waals surface area contributed by atoms with Crippen LogP contribution in [0.25, 0.3) is 80.7 Å². The minimum absolute atomic E-state index is 0.0190. The molecule has 2 heterocycles. The minimum atomic E-state index is -0.0190. The number of benzene rings is 7. The van der Waals surface area contributed by atoms with Crippen molar-refractivity contribution in [2.75, 3.05) is 0 Å². The van der Waals surface area contributed by atoms with E-state index in [1.165, 1.54) is 91.8 Å². The fourth-order valence-electron chi connectivity index (χ4n) is 8.10. The van der Waals surface area contributed by atoms with Crippen LogP contribution in [0.3, 0.4) is 0 Å². The van der Waals surface area contributed by atoms with Crippen LogP contribution in [0.1, 0.15) is 25.0 Å². The highest BCUT2D eigenvalue weighted by Crippen LogP contribution is 2.52. The van der Waals surface area contributed by atoms with Crippen LogP contribution in [0.4, 0.5) is 0 Å². The number of hydrogen-bond donors (Lipinski definition) is 0. The van der Waals surface area contributed by atoms with Crippen LogP contribution in [-0.2, 0) is 5.41 Å². The quantitative estimate of drug-likeness (QED) is 0.188. The van der Waals surface area contributed by atoms with Crippen molar-refractivity contribution in [2.24, 2.45) is 0 Å². The molecule has 0 bridgehead atoms. The van der Waals surface area contributed by atoms with E-state index in [0.29, 0.717) is 0 Å². The van der Waals surface area contributed by atoms with Crippen LogP contribution in [0.5, 0.6) is 0 Å². The van der Waals surface area contributed by atoms with E-state index in [-0.39, 0.29) is 5.41 Å². The highest BCUT2D eigenvalue weighted by molar-refractivity contribution is 7.26. The molecule has 0 atom stereocenters. The van der Waals surface area contributed by atoms with Gasteiger partial charge in [-0.2, -0.15) is 0 Å². The van der Waals surface area contributed by atoms with E-state index in [1.54, 1.807) is 0 Å². The summed E-state index contributed by atoms with van der Waals surface area (Å²) in [4.78, 5) is 0. The zero-order valence-electron chi connectivity index (χ0n) is 25.1. The molecule has 0 unspecified atom stereocenters. The first-order valence-electron chi connectivity index (χ1n) is 15.7. The monoisotopic (exact) mass is 591 g/mol. The molecule has 0 aliphatic heterocycles. The van der Waals surface area contributed by atoms with E-state index in [1.807, 2.05) is 11.3 Å². The number of para-hydroxylation sites is 1. The average molecular weight is 592 g/mol. The van der Waals surface area contributed by atoms with Crippen LogP contribution in [-0.4, -0.2) is 4.57 Å². The van der Waals surface area contributed by atoms with Crippen molar-refractivity contribution < 1.29 is 0 Å². The van der Waals surface area contributed by atoms with E-state index >= 15 is 0 Å². The molecular formula is C43H29NS. The van der Waals surface area contributed by atoms with Crippen molar-refractivity contribution in [3.8, 4) is 27.9 Å². The van der Waals surface area contributed by atoms with E-state index in [9.17, 15) is 0 Å². The maximum Gasteiger partial charge on any atom is 0.0619 e. The molecular weight excluding hydrogens is 563 g/mol. The first-order valence-corrected chi connectivity index (χ1v) is 16.5. The van der Waals surface area contributed by atoms with Crippen molar-refractivity contribution in [1.29, 1.82) is 0 Å². The number of rotatable bonds is 2. The molecule has 212 valence electrons. The van der Waals surface area contributed by atoms with E-state index < -0.39 is 0 Å². The van der Waals surface area contributed by atoms with Crippen LogP contribution < -0.4 is 0 Å². The van der Waals surface area contributed by atoms with Gasteiger partial charge in [0.15, 0.2) is 0 Å². The van der Waals surface area contributed by atoms with Crippen molar-refractivity contribution >= 4 is 64.1 Å². The Morgan fingerprint density at radius 3 is 2.04 bits per heavy atom. The summed E-state index contributed by atoms with van der Waals surface area (Å²) in [6.07, 6.45) is 0. The fraction of sp³-hybridized carbons (Fsp3) is 0.0698. The van der Waals surface area contributed by atoms with Crippen LogP contribution in [0.2, 0.25) is 0 Å². The Labute approximate surface area is 265 Å². The van der Waals surface area contributed by atoms with Crippen molar-refractivity contribution in [3.05, 3.63) is 151 Å². The minimum Gasteiger partial charge on any atom is -0.309 e. The largest absolute Gasteiger partial charge is 0.309 e. The van der Waals surface area contributed by atoms with Gasteiger partial charge in [-0.3, -0.25) is 0 Å². The van der Waals surface area contributed by atoms with Gasteiger partial charge in [0.05, 0.1) is 11.0 Å². The molecule has 0 N–H and O–H groups in total. The zero-order valence-corrected chi connectivity index (χ0v) is 26.0. The summed E-state index contributed by atoms with van der Waals surface area (Å²) >= 11 is 1.89. The molecule has 0 saturated heterocycles. The smallest absolute Gasteiger partial charge is 0.0619 e. The molecule has 10 rings (SSSR count). The molecule has 1 aliphatic carbocycles. The molecule has 45 heavy (non-hydrogen) atoms. The first-order chi connectivity index (χ1) is 22.1. The molecule has 0 spiro atoms. The van der Waals surface area contributed by atoms with Gasteiger partial charge in [0.25, 0.3) is 0 Å². The molecule has 1 nitrogen and oxygen atoms in total. The highest BCUT2D eigenvalue weighted by Gasteiger charge is 2.36. The second-order valence-electron chi connectivity index (χ2n) is 12.9. The number of nitrogens with zero attached hydrogens (tertiary/aromatic N) is 1. The Bertz CT molecular complexity index is 2670. The summed E-state index contributed by atoms with van der Waals surface area (Å²) in [5.41, 5.74) is 11.8. The van der Waals surface area contributed by atoms with Gasteiger partial charge in [0.1, 0.15) is 0 Å². The third kappa shape index (κ3) is 3.32. The number of aromatic nitrogens is 1. The molecule has 0 fully saturated rings. The first kappa shape index (κ1) is 25.2. The van der Waals surface area contributed by atoms with Crippen molar-refractivity contribution in [3.63, 3.8) is 0 Å². The lowest BCUT2D eigenvalue weighted by atomic mass is 9.82. The Kier molecular flexibility index (Phi) is 5.00. The maximum absolute atomic E-state index is 2.48. The highest BCUT2D eigenvalue weighted by atomic mass is 32.1. The SMILES string of the molecule is CC1(C)c2ccccc2-c2c1ccc1c2ccc2c3ccccc3n(-c3ccc(-c4cccc5c4sc4ccccc45)cc3)c12. The zero-order chi connectivity index (χ0) is 29.9. The summed E-state index contributed by atoms with van der Waals surface area (Å²) in [6.45, 7) is 4.72. The number of thiophene rings is 1. The van der Waals surface area contributed by atoms with Gasteiger partial charge in [0, 0.05) is 47.4 Å². The van der Waals surface area contributed by atoms with E-state index in [4.69, 9.17) is 0 Å². The van der Waals surface area contributed by atoms with Gasteiger partial charge in [-0.05, 0) is 63.0 Å². The fourth-order valence-corrected chi connectivity index (χ4v) is 9.34. The Hall–Kier alpha value is -5.18.